The Kier molecular flexibility index (Phi) is 6.46. The fraction of sp³-hybridized carbons (Fsp3) is 0.238. The molecule has 0 aliphatic carbocycles. The van der Waals surface area contributed by atoms with Gasteiger partial charge in [-0.3, -0.25) is 0 Å². The van der Waals surface area contributed by atoms with Crippen molar-refractivity contribution in [2.75, 3.05) is 30.9 Å². The minimum atomic E-state index is 0.525. The van der Waals surface area contributed by atoms with Gasteiger partial charge >= 0.3 is 0 Å². The highest BCUT2D eigenvalue weighted by Crippen LogP contribution is 2.17. The second-order valence-corrected chi connectivity index (χ2v) is 5.89. The number of nitrogens with zero attached hydrogens (tertiary/aromatic N) is 2. The van der Waals surface area contributed by atoms with Crippen molar-refractivity contribution in [3.05, 3.63) is 66.4 Å². The molecule has 2 aromatic carbocycles. The van der Waals surface area contributed by atoms with Gasteiger partial charge in [0.1, 0.15) is 23.9 Å². The predicted molar refractivity (Wildman–Crippen MR) is 108 cm³/mol. The van der Waals surface area contributed by atoms with Crippen molar-refractivity contribution in [2.45, 2.75) is 13.3 Å². The highest BCUT2D eigenvalue weighted by atomic mass is 16.5. The van der Waals surface area contributed by atoms with Crippen molar-refractivity contribution in [1.29, 1.82) is 0 Å². The predicted octanol–water partition coefficient (Wildman–Crippen LogP) is 4.28. The standard InChI is InChI=1S/C21H24N4O2/c1-3-16-4-6-17(7-5-16)24-21-23-13-12-20(25-21)22-14-15-27-19-10-8-18(26-2)9-11-19/h4-13H,3,14-15H2,1-2H3,(H2,22,23,24,25). The van der Waals surface area contributed by atoms with Gasteiger partial charge in [-0.15, -0.1) is 0 Å². The highest BCUT2D eigenvalue weighted by molar-refractivity contribution is 5.55. The number of benzene rings is 2. The lowest BCUT2D eigenvalue weighted by molar-refractivity contribution is 0.331. The summed E-state index contributed by atoms with van der Waals surface area (Å²) in [6.07, 6.45) is 2.75. The molecular formula is C21H24N4O2. The molecule has 0 aliphatic rings. The normalized spacial score (nSPS) is 10.3. The molecule has 0 atom stereocenters. The van der Waals surface area contributed by atoms with Crippen molar-refractivity contribution in [3.8, 4) is 11.5 Å². The maximum absolute atomic E-state index is 5.70. The molecule has 1 aromatic heterocycles. The third-order valence-corrected chi connectivity index (χ3v) is 4.01. The van der Waals surface area contributed by atoms with Crippen LogP contribution < -0.4 is 20.1 Å². The molecule has 0 saturated carbocycles. The van der Waals surface area contributed by atoms with Crippen molar-refractivity contribution >= 4 is 17.5 Å². The van der Waals surface area contributed by atoms with E-state index in [9.17, 15) is 0 Å². The number of hydrogen-bond donors (Lipinski definition) is 2. The van der Waals surface area contributed by atoms with Crippen molar-refractivity contribution in [1.82, 2.24) is 9.97 Å². The van der Waals surface area contributed by atoms with Crippen LogP contribution in [0.5, 0.6) is 11.5 Å². The van der Waals surface area contributed by atoms with E-state index in [0.29, 0.717) is 19.1 Å². The maximum Gasteiger partial charge on any atom is 0.229 e. The number of hydrogen-bond acceptors (Lipinski definition) is 6. The van der Waals surface area contributed by atoms with Crippen molar-refractivity contribution in [2.24, 2.45) is 0 Å². The van der Waals surface area contributed by atoms with Gasteiger partial charge in [0.05, 0.1) is 13.7 Å². The zero-order valence-electron chi connectivity index (χ0n) is 15.6. The Morgan fingerprint density at radius 2 is 1.67 bits per heavy atom. The molecular weight excluding hydrogens is 340 g/mol. The lowest BCUT2D eigenvalue weighted by Gasteiger charge is -2.10. The molecule has 0 unspecified atom stereocenters. The quantitative estimate of drug-likeness (QED) is 0.552. The second kappa shape index (κ2) is 9.43. The summed E-state index contributed by atoms with van der Waals surface area (Å²) in [5.74, 6) is 2.92. The third-order valence-electron chi connectivity index (χ3n) is 4.01. The molecule has 0 spiro atoms. The first-order valence-electron chi connectivity index (χ1n) is 8.96. The Morgan fingerprint density at radius 1 is 0.926 bits per heavy atom. The van der Waals surface area contributed by atoms with E-state index >= 15 is 0 Å². The fourth-order valence-corrected chi connectivity index (χ4v) is 2.49. The number of nitrogens with one attached hydrogen (secondary N) is 2. The number of anilines is 3. The van der Waals surface area contributed by atoms with Crippen LogP contribution in [-0.2, 0) is 6.42 Å². The zero-order chi connectivity index (χ0) is 18.9. The van der Waals surface area contributed by atoms with E-state index in [2.05, 4.69) is 39.7 Å². The van der Waals surface area contributed by atoms with E-state index in [0.717, 1.165) is 29.4 Å². The molecule has 140 valence electrons. The number of aryl methyl sites for hydroxylation is 1. The van der Waals surface area contributed by atoms with E-state index in [-0.39, 0.29) is 0 Å². The van der Waals surface area contributed by atoms with E-state index in [4.69, 9.17) is 9.47 Å². The molecule has 0 fully saturated rings. The second-order valence-electron chi connectivity index (χ2n) is 5.89. The number of rotatable bonds is 9. The van der Waals surface area contributed by atoms with Gasteiger partial charge in [-0.25, -0.2) is 4.98 Å². The van der Waals surface area contributed by atoms with Gasteiger partial charge in [0.25, 0.3) is 0 Å². The minimum absolute atomic E-state index is 0.525. The van der Waals surface area contributed by atoms with E-state index in [1.165, 1.54) is 5.56 Å². The Morgan fingerprint density at radius 3 is 2.37 bits per heavy atom. The fourth-order valence-electron chi connectivity index (χ4n) is 2.49. The van der Waals surface area contributed by atoms with Crippen molar-refractivity contribution in [3.63, 3.8) is 0 Å². The number of methoxy groups -OCH3 is 1. The minimum Gasteiger partial charge on any atom is -0.497 e. The van der Waals surface area contributed by atoms with Crippen LogP contribution in [-0.4, -0.2) is 30.2 Å². The molecule has 1 heterocycles. The molecule has 2 N–H and O–H groups in total. The van der Waals surface area contributed by atoms with Crippen LogP contribution in [0.25, 0.3) is 0 Å². The van der Waals surface area contributed by atoms with Crippen LogP contribution in [0.3, 0.4) is 0 Å². The SMILES string of the molecule is CCc1ccc(Nc2nccc(NCCOc3ccc(OC)cc3)n2)cc1. The first-order chi connectivity index (χ1) is 13.3. The molecule has 0 amide bonds. The van der Waals surface area contributed by atoms with Crippen LogP contribution in [0.1, 0.15) is 12.5 Å². The molecule has 27 heavy (non-hydrogen) atoms. The average molecular weight is 364 g/mol. The monoisotopic (exact) mass is 364 g/mol. The maximum atomic E-state index is 5.70. The largest absolute Gasteiger partial charge is 0.497 e. The van der Waals surface area contributed by atoms with Crippen molar-refractivity contribution < 1.29 is 9.47 Å². The molecule has 0 bridgehead atoms. The van der Waals surface area contributed by atoms with Gasteiger partial charge in [0, 0.05) is 11.9 Å². The smallest absolute Gasteiger partial charge is 0.229 e. The Labute approximate surface area is 159 Å². The molecule has 3 rings (SSSR count). The van der Waals surface area contributed by atoms with Crippen LogP contribution in [0.15, 0.2) is 60.8 Å². The summed E-state index contributed by atoms with van der Waals surface area (Å²) >= 11 is 0. The topological polar surface area (TPSA) is 68.3 Å². The number of ether oxygens (including phenoxy) is 2. The summed E-state index contributed by atoms with van der Waals surface area (Å²) in [6.45, 7) is 3.30. The van der Waals surface area contributed by atoms with E-state index < -0.39 is 0 Å². The van der Waals surface area contributed by atoms with Crippen LogP contribution in [0.2, 0.25) is 0 Å². The summed E-state index contributed by atoms with van der Waals surface area (Å²) in [6, 6.07) is 17.6. The van der Waals surface area contributed by atoms with E-state index in [1.807, 2.05) is 42.5 Å². The molecule has 3 aromatic rings. The summed E-state index contributed by atoms with van der Waals surface area (Å²) in [4.78, 5) is 8.74. The lowest BCUT2D eigenvalue weighted by atomic mass is 10.1. The summed E-state index contributed by atoms with van der Waals surface area (Å²) < 4.78 is 10.8. The van der Waals surface area contributed by atoms with Gasteiger partial charge in [-0.2, -0.15) is 4.98 Å². The van der Waals surface area contributed by atoms with Gasteiger partial charge in [-0.1, -0.05) is 19.1 Å². The first kappa shape index (κ1) is 18.5. The molecule has 0 aliphatic heterocycles. The summed E-state index contributed by atoms with van der Waals surface area (Å²) in [5, 5.41) is 6.46. The lowest BCUT2D eigenvalue weighted by Crippen LogP contribution is -2.13. The van der Waals surface area contributed by atoms with Gasteiger partial charge in [0.2, 0.25) is 5.95 Å². The summed E-state index contributed by atoms with van der Waals surface area (Å²) in [5.41, 5.74) is 2.26. The Hall–Kier alpha value is -3.28. The van der Waals surface area contributed by atoms with Gasteiger partial charge in [-0.05, 0) is 54.4 Å². The summed E-state index contributed by atoms with van der Waals surface area (Å²) in [7, 11) is 1.64. The zero-order valence-corrected chi connectivity index (χ0v) is 15.6. The Bertz CT molecular complexity index is 836. The average Bonchev–Trinajstić information content (AvgIpc) is 2.72. The molecule has 0 saturated heterocycles. The Balaban J connectivity index is 1.48. The molecule has 6 nitrogen and oxygen atoms in total. The molecule has 0 radical (unpaired) electrons. The molecule has 6 heteroatoms. The van der Waals surface area contributed by atoms with Gasteiger partial charge < -0.3 is 20.1 Å². The first-order valence-corrected chi connectivity index (χ1v) is 8.96. The third kappa shape index (κ3) is 5.60. The van der Waals surface area contributed by atoms with Crippen LogP contribution in [0.4, 0.5) is 17.5 Å². The van der Waals surface area contributed by atoms with Crippen LogP contribution in [0, 0.1) is 0 Å². The number of aromatic nitrogens is 2. The van der Waals surface area contributed by atoms with Crippen LogP contribution >= 0.6 is 0 Å². The van der Waals surface area contributed by atoms with E-state index in [1.54, 1.807) is 13.3 Å². The van der Waals surface area contributed by atoms with Gasteiger partial charge in [0.15, 0.2) is 0 Å². The highest BCUT2D eigenvalue weighted by Gasteiger charge is 2.01.